The number of H-pyrrole nitrogens is 1. The average molecular weight is 551 g/mol. The summed E-state index contributed by atoms with van der Waals surface area (Å²) >= 11 is 3.97. The smallest absolute Gasteiger partial charge is 0.326 e. The van der Waals surface area contributed by atoms with Gasteiger partial charge in [-0.05, 0) is 24.1 Å². The molecule has 0 saturated heterocycles. The van der Waals surface area contributed by atoms with E-state index < -0.39 is 60.2 Å². The quantitative estimate of drug-likeness (QED) is 0.117. The van der Waals surface area contributed by atoms with Gasteiger partial charge in [0, 0.05) is 36.9 Å². The molecule has 0 aliphatic rings. The third-order valence-electron chi connectivity index (χ3n) is 5.42. The molecule has 2 aromatic rings. The molecule has 0 spiro atoms. The van der Waals surface area contributed by atoms with Crippen LogP contribution in [0, 0.1) is 0 Å². The highest BCUT2D eigenvalue weighted by Gasteiger charge is 2.31. The van der Waals surface area contributed by atoms with Crippen molar-refractivity contribution in [3.05, 3.63) is 48.0 Å². The van der Waals surface area contributed by atoms with Crippen molar-refractivity contribution in [1.82, 2.24) is 25.9 Å². The summed E-state index contributed by atoms with van der Waals surface area (Å²) in [6, 6.07) is 0.745. The molecule has 2 rings (SSSR count). The molecule has 1 aromatic heterocycles. The number of carbonyl (C=O) groups excluding carboxylic acids is 3. The number of rotatable bonds is 15. The molecule has 0 aliphatic carbocycles. The van der Waals surface area contributed by atoms with E-state index in [2.05, 4.69) is 38.5 Å². The van der Waals surface area contributed by atoms with Crippen LogP contribution in [0.3, 0.4) is 0 Å². The Morgan fingerprint density at radius 2 is 1.53 bits per heavy atom. The van der Waals surface area contributed by atoms with E-state index in [-0.39, 0.29) is 30.8 Å². The van der Waals surface area contributed by atoms with Crippen LogP contribution in [0.15, 0.2) is 36.8 Å². The highest BCUT2D eigenvalue weighted by atomic mass is 32.1. The molecular weight excluding hydrogens is 520 g/mol. The fourth-order valence-electron chi connectivity index (χ4n) is 3.34. The normalized spacial score (nSPS) is 13.9. The molecule has 4 unspecified atom stereocenters. The third-order valence-corrected chi connectivity index (χ3v) is 5.81. The number of phenolic OH excluding ortho intramolecular Hbond substituents is 1. The van der Waals surface area contributed by atoms with Gasteiger partial charge in [-0.1, -0.05) is 12.1 Å². The first-order chi connectivity index (χ1) is 18.0. The van der Waals surface area contributed by atoms with Crippen LogP contribution in [0.2, 0.25) is 0 Å². The molecule has 15 heteroatoms. The Kier molecular flexibility index (Phi) is 11.6. The Labute approximate surface area is 222 Å². The number of hydrogen-bond donors (Lipinski definition) is 9. The van der Waals surface area contributed by atoms with E-state index in [1.54, 1.807) is 0 Å². The van der Waals surface area contributed by atoms with E-state index in [4.69, 9.17) is 10.8 Å². The van der Waals surface area contributed by atoms with E-state index >= 15 is 0 Å². The maximum absolute atomic E-state index is 13.2. The zero-order valence-corrected chi connectivity index (χ0v) is 21.1. The van der Waals surface area contributed by atoms with Crippen molar-refractivity contribution in [1.29, 1.82) is 0 Å². The van der Waals surface area contributed by atoms with Gasteiger partial charge in [-0.2, -0.15) is 12.6 Å². The van der Waals surface area contributed by atoms with Gasteiger partial charge in [0.25, 0.3) is 0 Å². The van der Waals surface area contributed by atoms with Gasteiger partial charge in [0.05, 0.1) is 12.4 Å². The fourth-order valence-corrected chi connectivity index (χ4v) is 3.50. The van der Waals surface area contributed by atoms with Crippen molar-refractivity contribution < 1.29 is 39.3 Å². The van der Waals surface area contributed by atoms with Crippen LogP contribution in [0.25, 0.3) is 0 Å². The summed E-state index contributed by atoms with van der Waals surface area (Å²) in [4.78, 5) is 68.0. The highest BCUT2D eigenvalue weighted by Crippen LogP contribution is 2.12. The molecule has 14 nitrogen and oxygen atoms in total. The number of hydrogen-bond acceptors (Lipinski definition) is 9. The number of nitrogens with two attached hydrogens (primary N) is 1. The highest BCUT2D eigenvalue weighted by molar-refractivity contribution is 7.80. The Bertz CT molecular complexity index is 1110. The number of carboxylic acids is 2. The SMILES string of the molecule is NC(CS)C(=O)NC(Cc1ccc(O)cc1)C(=O)NC(CCC(=O)O)C(=O)NC(Cc1cnc[nH]1)C(=O)O. The lowest BCUT2D eigenvalue weighted by atomic mass is 10.0. The first kappa shape index (κ1) is 30.1. The second-order valence-corrected chi connectivity index (χ2v) is 8.76. The number of amides is 3. The second kappa shape index (κ2) is 14.6. The number of aromatic nitrogens is 2. The molecule has 0 saturated carbocycles. The minimum absolute atomic E-state index is 0.00404. The lowest BCUT2D eigenvalue weighted by Gasteiger charge is -2.25. The molecule has 4 atom stereocenters. The van der Waals surface area contributed by atoms with Crippen LogP contribution >= 0.6 is 12.6 Å². The number of aromatic amines is 1. The van der Waals surface area contributed by atoms with E-state index in [0.29, 0.717) is 11.3 Å². The average Bonchev–Trinajstić information content (AvgIpc) is 3.39. The number of nitrogens with zero attached hydrogens (tertiary/aromatic N) is 1. The monoisotopic (exact) mass is 550 g/mol. The van der Waals surface area contributed by atoms with Crippen LogP contribution in [-0.2, 0) is 36.8 Å². The Morgan fingerprint density at radius 3 is 2.08 bits per heavy atom. The van der Waals surface area contributed by atoms with E-state index in [1.165, 1.54) is 36.8 Å². The molecule has 3 amide bonds. The Balaban J connectivity index is 2.23. The van der Waals surface area contributed by atoms with E-state index in [0.717, 1.165) is 0 Å². The van der Waals surface area contributed by atoms with Crippen LogP contribution in [0.4, 0.5) is 0 Å². The molecule has 0 bridgehead atoms. The van der Waals surface area contributed by atoms with Gasteiger partial charge >= 0.3 is 11.9 Å². The first-order valence-corrected chi connectivity index (χ1v) is 12.1. The standard InChI is InChI=1S/C23H30N6O8S/c24-15(10-38)20(33)28-17(7-12-1-3-14(30)4-2-12)22(35)27-16(5-6-19(31)32)21(34)29-18(23(36)37)8-13-9-25-11-26-13/h1-4,9,11,15-18,30,38H,5-8,10,24H2,(H,25,26)(H,27,35)(H,28,33)(H,29,34)(H,31,32)(H,36,37). The number of imidazole rings is 1. The maximum atomic E-state index is 13.2. The third kappa shape index (κ3) is 9.74. The number of aromatic hydroxyl groups is 1. The number of phenols is 1. The lowest BCUT2D eigenvalue weighted by Crippen LogP contribution is -2.58. The maximum Gasteiger partial charge on any atom is 0.326 e. The molecule has 9 N–H and O–H groups in total. The second-order valence-electron chi connectivity index (χ2n) is 8.39. The Hall–Kier alpha value is -4.11. The minimum Gasteiger partial charge on any atom is -0.508 e. The van der Waals surface area contributed by atoms with Crippen LogP contribution in [-0.4, -0.2) is 84.9 Å². The predicted molar refractivity (Wildman–Crippen MR) is 136 cm³/mol. The van der Waals surface area contributed by atoms with Gasteiger partial charge in [0.2, 0.25) is 17.7 Å². The van der Waals surface area contributed by atoms with Crippen LogP contribution in [0.5, 0.6) is 5.75 Å². The number of aliphatic carboxylic acids is 2. The lowest BCUT2D eigenvalue weighted by molar-refractivity contribution is -0.143. The summed E-state index contributed by atoms with van der Waals surface area (Å²) in [6.45, 7) is 0. The molecule has 38 heavy (non-hydrogen) atoms. The summed E-state index contributed by atoms with van der Waals surface area (Å²) in [5.41, 5.74) is 6.69. The zero-order chi connectivity index (χ0) is 28.2. The summed E-state index contributed by atoms with van der Waals surface area (Å²) in [5.74, 6) is -5.04. The zero-order valence-electron chi connectivity index (χ0n) is 20.2. The number of thiol groups is 1. The van der Waals surface area contributed by atoms with Crippen molar-refractivity contribution in [2.24, 2.45) is 5.73 Å². The molecule has 1 aromatic carbocycles. The van der Waals surface area contributed by atoms with Gasteiger partial charge in [-0.15, -0.1) is 0 Å². The van der Waals surface area contributed by atoms with E-state index in [9.17, 15) is 34.2 Å². The summed E-state index contributed by atoms with van der Waals surface area (Å²) in [6.07, 6.45) is 1.69. The molecule has 1 heterocycles. The van der Waals surface area contributed by atoms with Crippen LogP contribution < -0.4 is 21.7 Å². The summed E-state index contributed by atoms with van der Waals surface area (Å²) in [5, 5.41) is 35.4. The van der Waals surface area contributed by atoms with Gasteiger partial charge in [0.1, 0.15) is 23.9 Å². The van der Waals surface area contributed by atoms with Gasteiger partial charge < -0.3 is 42.0 Å². The van der Waals surface area contributed by atoms with Gasteiger partial charge in [-0.3, -0.25) is 19.2 Å². The van der Waals surface area contributed by atoms with Crippen LogP contribution in [0.1, 0.15) is 24.1 Å². The summed E-state index contributed by atoms with van der Waals surface area (Å²) in [7, 11) is 0. The van der Waals surface area contributed by atoms with Gasteiger partial charge in [-0.25, -0.2) is 9.78 Å². The van der Waals surface area contributed by atoms with Crippen molar-refractivity contribution in [3.63, 3.8) is 0 Å². The number of carbonyl (C=O) groups is 5. The molecule has 0 aliphatic heterocycles. The van der Waals surface area contributed by atoms with E-state index in [1.807, 2.05) is 0 Å². The molecule has 0 fully saturated rings. The topological polar surface area (TPSA) is 237 Å². The number of nitrogens with one attached hydrogen (secondary N) is 4. The summed E-state index contributed by atoms with van der Waals surface area (Å²) < 4.78 is 0. The van der Waals surface area contributed by atoms with Crippen molar-refractivity contribution >= 4 is 42.3 Å². The van der Waals surface area contributed by atoms with Crippen molar-refractivity contribution in [2.45, 2.75) is 49.9 Å². The largest absolute Gasteiger partial charge is 0.508 e. The number of benzene rings is 1. The number of carboxylic acid groups (broad SMARTS) is 2. The van der Waals surface area contributed by atoms with Gasteiger partial charge in [0.15, 0.2) is 0 Å². The first-order valence-electron chi connectivity index (χ1n) is 11.5. The predicted octanol–water partition coefficient (Wildman–Crippen LogP) is -1.44. The fraction of sp³-hybridized carbons (Fsp3) is 0.391. The molecule has 206 valence electrons. The Morgan fingerprint density at radius 1 is 0.921 bits per heavy atom. The minimum atomic E-state index is -1.43. The molecular formula is C23H30N6O8S. The van der Waals surface area contributed by atoms with Crippen molar-refractivity contribution in [3.8, 4) is 5.75 Å². The van der Waals surface area contributed by atoms with Crippen molar-refractivity contribution in [2.75, 3.05) is 5.75 Å². The molecule has 0 radical (unpaired) electrons.